The van der Waals surface area contributed by atoms with Crippen molar-refractivity contribution in [3.63, 3.8) is 0 Å². The number of nitrogens with zero attached hydrogens (tertiary/aromatic N) is 3. The van der Waals surface area contributed by atoms with Crippen LogP contribution in [0.2, 0.25) is 0 Å². The summed E-state index contributed by atoms with van der Waals surface area (Å²) in [6.07, 6.45) is 2.64. The van der Waals surface area contributed by atoms with Gasteiger partial charge in [0.15, 0.2) is 0 Å². The van der Waals surface area contributed by atoms with E-state index in [1.807, 2.05) is 30.3 Å². The maximum absolute atomic E-state index is 13.2. The lowest BCUT2D eigenvalue weighted by molar-refractivity contribution is -0.124. The summed E-state index contributed by atoms with van der Waals surface area (Å²) in [6.45, 7) is 0.630. The molecule has 3 rings (SSSR count). The molecule has 1 aliphatic rings. The molecule has 0 bridgehead atoms. The van der Waals surface area contributed by atoms with Gasteiger partial charge in [0.05, 0.1) is 0 Å². The summed E-state index contributed by atoms with van der Waals surface area (Å²) >= 11 is 0. The lowest BCUT2D eigenvalue weighted by atomic mass is 10.0. The Labute approximate surface area is 139 Å². The van der Waals surface area contributed by atoms with Gasteiger partial charge in [0.2, 0.25) is 11.9 Å². The van der Waals surface area contributed by atoms with E-state index < -0.39 is 12.0 Å². The van der Waals surface area contributed by atoms with Crippen LogP contribution in [0.1, 0.15) is 23.2 Å². The van der Waals surface area contributed by atoms with Crippen LogP contribution in [0.3, 0.4) is 0 Å². The van der Waals surface area contributed by atoms with Gasteiger partial charge in [0.1, 0.15) is 6.04 Å². The predicted octanol–water partition coefficient (Wildman–Crippen LogP) is 2.49. The summed E-state index contributed by atoms with van der Waals surface area (Å²) in [5.41, 5.74) is 1.01. The highest BCUT2D eigenvalue weighted by Crippen LogP contribution is 2.24. The van der Waals surface area contributed by atoms with Gasteiger partial charge in [-0.25, -0.2) is 4.98 Å². The zero-order valence-electron chi connectivity index (χ0n) is 13.4. The summed E-state index contributed by atoms with van der Waals surface area (Å²) in [6, 6.07) is 11.4. The van der Waals surface area contributed by atoms with Crippen molar-refractivity contribution in [1.82, 2.24) is 9.88 Å². The molecule has 1 unspecified atom stereocenters. The minimum atomic E-state index is -0.713. The number of halogens is 1. The Bertz CT molecular complexity index is 751. The van der Waals surface area contributed by atoms with Crippen molar-refractivity contribution in [1.29, 1.82) is 0 Å². The van der Waals surface area contributed by atoms with Crippen LogP contribution in [-0.2, 0) is 4.79 Å². The third-order valence-electron chi connectivity index (χ3n) is 4.24. The quantitative estimate of drug-likeness (QED) is 0.814. The van der Waals surface area contributed by atoms with Gasteiger partial charge in [-0.15, -0.1) is 0 Å². The summed E-state index contributed by atoms with van der Waals surface area (Å²) in [5, 5.41) is 0. The van der Waals surface area contributed by atoms with Gasteiger partial charge in [-0.1, -0.05) is 18.2 Å². The molecular weight excluding hydrogens is 309 g/mol. The van der Waals surface area contributed by atoms with Gasteiger partial charge in [0.25, 0.3) is 5.91 Å². The molecule has 0 aliphatic carbocycles. The Balaban J connectivity index is 1.80. The number of piperidine rings is 1. The van der Waals surface area contributed by atoms with Crippen molar-refractivity contribution < 1.29 is 14.0 Å². The van der Waals surface area contributed by atoms with E-state index in [1.54, 1.807) is 11.9 Å². The molecule has 0 spiro atoms. The number of hydrogen-bond donors (Lipinski definition) is 0. The molecule has 1 aromatic carbocycles. The monoisotopic (exact) mass is 327 g/mol. The lowest BCUT2D eigenvalue weighted by Crippen LogP contribution is -2.53. The van der Waals surface area contributed by atoms with E-state index in [0.29, 0.717) is 13.0 Å². The normalized spacial score (nSPS) is 17.7. The number of carbonyl (C=O) groups is 2. The fourth-order valence-electron chi connectivity index (χ4n) is 2.96. The molecule has 6 heteroatoms. The number of amides is 2. The number of pyridine rings is 1. The number of para-hydroxylation sites is 1. The number of hydrogen-bond acceptors (Lipinski definition) is 3. The van der Waals surface area contributed by atoms with Gasteiger partial charge in [-0.3, -0.25) is 9.59 Å². The maximum Gasteiger partial charge on any atom is 0.254 e. The zero-order chi connectivity index (χ0) is 17.1. The number of anilines is 1. The first kappa shape index (κ1) is 16.1. The Morgan fingerprint density at radius 2 is 2.04 bits per heavy atom. The molecule has 2 aromatic rings. The van der Waals surface area contributed by atoms with Crippen LogP contribution in [0.25, 0.3) is 0 Å². The number of carbonyl (C=O) groups excluding carboxylic acids is 2. The SMILES string of the molecule is CN(C(=O)c1ccnc(F)c1)C1CCCN(c2ccccc2)C1=O. The van der Waals surface area contributed by atoms with Gasteiger partial charge < -0.3 is 9.80 Å². The molecule has 1 atom stereocenters. The minimum absolute atomic E-state index is 0.113. The summed E-state index contributed by atoms with van der Waals surface area (Å²) < 4.78 is 13.2. The van der Waals surface area contributed by atoms with Gasteiger partial charge in [-0.05, 0) is 31.0 Å². The maximum atomic E-state index is 13.2. The molecule has 0 saturated carbocycles. The van der Waals surface area contributed by atoms with Crippen molar-refractivity contribution in [2.75, 3.05) is 18.5 Å². The number of likely N-dealkylation sites (N-methyl/N-ethyl adjacent to an activating group) is 1. The van der Waals surface area contributed by atoms with E-state index in [1.165, 1.54) is 17.2 Å². The Kier molecular flexibility index (Phi) is 4.55. The highest BCUT2D eigenvalue weighted by Gasteiger charge is 2.34. The Hall–Kier alpha value is -2.76. The van der Waals surface area contributed by atoms with Crippen LogP contribution in [-0.4, -0.2) is 41.3 Å². The van der Waals surface area contributed by atoms with Crippen LogP contribution >= 0.6 is 0 Å². The molecular formula is C18H18FN3O2. The minimum Gasteiger partial charge on any atom is -0.330 e. The van der Waals surface area contributed by atoms with E-state index >= 15 is 0 Å². The van der Waals surface area contributed by atoms with E-state index in [9.17, 15) is 14.0 Å². The number of benzene rings is 1. The van der Waals surface area contributed by atoms with E-state index in [2.05, 4.69) is 4.98 Å². The summed E-state index contributed by atoms with van der Waals surface area (Å²) in [4.78, 5) is 31.9. The number of aromatic nitrogens is 1. The second-order valence-corrected chi connectivity index (χ2v) is 5.77. The highest BCUT2D eigenvalue weighted by atomic mass is 19.1. The van der Waals surface area contributed by atoms with Crippen molar-refractivity contribution in [2.24, 2.45) is 0 Å². The second kappa shape index (κ2) is 6.78. The average Bonchev–Trinajstić information content (AvgIpc) is 2.61. The highest BCUT2D eigenvalue weighted by molar-refractivity contribution is 6.02. The molecule has 0 radical (unpaired) electrons. The summed E-state index contributed by atoms with van der Waals surface area (Å²) in [7, 11) is 1.58. The molecule has 2 heterocycles. The van der Waals surface area contributed by atoms with E-state index in [0.717, 1.165) is 18.2 Å². The smallest absolute Gasteiger partial charge is 0.254 e. The van der Waals surface area contributed by atoms with Crippen LogP contribution in [0.4, 0.5) is 10.1 Å². The molecule has 5 nitrogen and oxygen atoms in total. The first-order valence-corrected chi connectivity index (χ1v) is 7.83. The average molecular weight is 327 g/mol. The van der Waals surface area contributed by atoms with Crippen LogP contribution < -0.4 is 4.90 Å². The standard InChI is InChI=1S/C18H18FN3O2/c1-21(17(23)13-9-10-20-16(19)12-13)15-8-5-11-22(18(15)24)14-6-3-2-4-7-14/h2-4,6-7,9-10,12,15H,5,8,11H2,1H3. The first-order valence-electron chi connectivity index (χ1n) is 7.83. The Morgan fingerprint density at radius 3 is 2.75 bits per heavy atom. The van der Waals surface area contributed by atoms with Gasteiger partial charge in [0, 0.05) is 37.1 Å². The van der Waals surface area contributed by atoms with Crippen molar-refractivity contribution in [3.8, 4) is 0 Å². The second-order valence-electron chi connectivity index (χ2n) is 5.77. The van der Waals surface area contributed by atoms with Crippen LogP contribution in [0.15, 0.2) is 48.7 Å². The molecule has 1 saturated heterocycles. The molecule has 0 N–H and O–H groups in total. The third-order valence-corrected chi connectivity index (χ3v) is 4.24. The first-order chi connectivity index (χ1) is 11.6. The van der Waals surface area contributed by atoms with E-state index in [4.69, 9.17) is 0 Å². The van der Waals surface area contributed by atoms with Crippen molar-refractivity contribution >= 4 is 17.5 Å². The molecule has 1 aromatic heterocycles. The third kappa shape index (κ3) is 3.13. The lowest BCUT2D eigenvalue weighted by Gasteiger charge is -2.36. The Morgan fingerprint density at radius 1 is 1.29 bits per heavy atom. The fourth-order valence-corrected chi connectivity index (χ4v) is 2.96. The number of rotatable bonds is 3. The van der Waals surface area contributed by atoms with Crippen LogP contribution in [0, 0.1) is 5.95 Å². The molecule has 24 heavy (non-hydrogen) atoms. The van der Waals surface area contributed by atoms with Crippen molar-refractivity contribution in [2.45, 2.75) is 18.9 Å². The zero-order valence-corrected chi connectivity index (χ0v) is 13.4. The van der Waals surface area contributed by atoms with Gasteiger partial charge >= 0.3 is 0 Å². The van der Waals surface area contributed by atoms with Crippen molar-refractivity contribution in [3.05, 3.63) is 60.2 Å². The van der Waals surface area contributed by atoms with Gasteiger partial charge in [-0.2, -0.15) is 4.39 Å². The summed E-state index contributed by atoms with van der Waals surface area (Å²) in [5.74, 6) is -1.21. The largest absolute Gasteiger partial charge is 0.330 e. The topological polar surface area (TPSA) is 53.5 Å². The molecule has 124 valence electrons. The molecule has 2 amide bonds. The van der Waals surface area contributed by atoms with E-state index in [-0.39, 0.29) is 17.4 Å². The molecule has 1 fully saturated rings. The van der Waals surface area contributed by atoms with Crippen LogP contribution in [0.5, 0.6) is 0 Å². The predicted molar refractivity (Wildman–Crippen MR) is 88.1 cm³/mol. The molecule has 1 aliphatic heterocycles. The fraction of sp³-hybridized carbons (Fsp3) is 0.278.